The summed E-state index contributed by atoms with van der Waals surface area (Å²) in [5.74, 6) is -2.64. The van der Waals surface area contributed by atoms with Gasteiger partial charge in [-0.2, -0.15) is 0 Å². The second kappa shape index (κ2) is 5.40. The average molecular weight is 300 g/mol. The Balaban J connectivity index is 1.97. The van der Waals surface area contributed by atoms with Crippen LogP contribution in [0.5, 0.6) is 5.75 Å². The number of aromatic hydroxyl groups is 1. The molecule has 1 amide bonds. The minimum absolute atomic E-state index is 0.0464. The summed E-state index contributed by atoms with van der Waals surface area (Å²) >= 11 is 0. The van der Waals surface area contributed by atoms with Gasteiger partial charge in [0.1, 0.15) is 17.2 Å². The van der Waals surface area contributed by atoms with E-state index in [1.54, 1.807) is 18.2 Å². The Labute approximate surface area is 124 Å². The summed E-state index contributed by atoms with van der Waals surface area (Å²) in [4.78, 5) is 16.2. The first-order valence-corrected chi connectivity index (χ1v) is 6.39. The number of benzene rings is 2. The first-order valence-electron chi connectivity index (χ1n) is 6.39. The molecule has 0 unspecified atom stereocenters. The molecule has 4 nitrogen and oxygen atoms in total. The lowest BCUT2D eigenvalue weighted by Crippen LogP contribution is -2.13. The van der Waals surface area contributed by atoms with E-state index in [9.17, 15) is 18.7 Å². The van der Waals surface area contributed by atoms with Crippen LogP contribution in [-0.2, 0) is 0 Å². The molecule has 0 fully saturated rings. The van der Waals surface area contributed by atoms with Crippen molar-refractivity contribution in [3.8, 4) is 5.75 Å². The molecule has 22 heavy (non-hydrogen) atoms. The van der Waals surface area contributed by atoms with Crippen molar-refractivity contribution < 1.29 is 18.7 Å². The van der Waals surface area contributed by atoms with Gasteiger partial charge in [0.2, 0.25) is 0 Å². The number of pyridine rings is 1. The van der Waals surface area contributed by atoms with Crippen molar-refractivity contribution in [3.05, 3.63) is 65.9 Å². The van der Waals surface area contributed by atoms with E-state index in [1.807, 2.05) is 0 Å². The Bertz CT molecular complexity index is 881. The molecule has 2 N–H and O–H groups in total. The van der Waals surface area contributed by atoms with Gasteiger partial charge in [0.25, 0.3) is 5.91 Å². The Morgan fingerprint density at radius 1 is 1.14 bits per heavy atom. The predicted molar refractivity (Wildman–Crippen MR) is 77.7 cm³/mol. The molecule has 110 valence electrons. The van der Waals surface area contributed by atoms with Gasteiger partial charge < -0.3 is 10.4 Å². The minimum Gasteiger partial charge on any atom is -0.505 e. The second-order valence-corrected chi connectivity index (χ2v) is 4.62. The number of carbonyl (C=O) groups excluding carboxylic acids is 1. The number of aromatic nitrogens is 1. The maximum atomic E-state index is 13.6. The van der Waals surface area contributed by atoms with Crippen molar-refractivity contribution in [3.63, 3.8) is 0 Å². The third kappa shape index (κ3) is 2.46. The van der Waals surface area contributed by atoms with E-state index in [0.29, 0.717) is 11.5 Å². The lowest BCUT2D eigenvalue weighted by atomic mass is 10.1. The van der Waals surface area contributed by atoms with Crippen LogP contribution in [0.3, 0.4) is 0 Å². The zero-order valence-electron chi connectivity index (χ0n) is 11.2. The molecule has 0 bridgehead atoms. The number of amides is 1. The highest BCUT2D eigenvalue weighted by Gasteiger charge is 2.16. The van der Waals surface area contributed by atoms with E-state index in [2.05, 4.69) is 10.3 Å². The highest BCUT2D eigenvalue weighted by molar-refractivity contribution is 6.09. The molecule has 0 saturated heterocycles. The maximum Gasteiger partial charge on any atom is 0.259 e. The van der Waals surface area contributed by atoms with Gasteiger partial charge in [0.05, 0.1) is 11.3 Å². The summed E-state index contributed by atoms with van der Waals surface area (Å²) in [6.45, 7) is 0. The SMILES string of the molecule is O=C(Nc1ccc(F)cc1F)c1ccc2cccnc2c1O. The van der Waals surface area contributed by atoms with E-state index >= 15 is 0 Å². The van der Waals surface area contributed by atoms with Crippen LogP contribution in [-0.4, -0.2) is 16.0 Å². The molecular weight excluding hydrogens is 290 g/mol. The van der Waals surface area contributed by atoms with Crippen LogP contribution in [0.2, 0.25) is 0 Å². The third-order valence-corrected chi connectivity index (χ3v) is 3.17. The number of nitrogens with zero attached hydrogens (tertiary/aromatic N) is 1. The number of anilines is 1. The maximum absolute atomic E-state index is 13.6. The van der Waals surface area contributed by atoms with Gasteiger partial charge in [-0.25, -0.2) is 8.78 Å². The molecule has 3 rings (SSSR count). The fourth-order valence-corrected chi connectivity index (χ4v) is 2.09. The molecule has 3 aromatic rings. The monoisotopic (exact) mass is 300 g/mol. The van der Waals surface area contributed by atoms with Crippen LogP contribution in [0, 0.1) is 11.6 Å². The summed E-state index contributed by atoms with van der Waals surface area (Å²) < 4.78 is 26.4. The molecule has 0 atom stereocenters. The van der Waals surface area contributed by atoms with Crippen LogP contribution in [0.4, 0.5) is 14.5 Å². The summed E-state index contributed by atoms with van der Waals surface area (Å²) in [7, 11) is 0. The Morgan fingerprint density at radius 2 is 1.95 bits per heavy atom. The molecule has 0 aliphatic heterocycles. The summed E-state index contributed by atoms with van der Waals surface area (Å²) in [6.07, 6.45) is 1.49. The number of carbonyl (C=O) groups is 1. The van der Waals surface area contributed by atoms with Gasteiger partial charge in [-0.15, -0.1) is 0 Å². The van der Waals surface area contributed by atoms with Crippen molar-refractivity contribution in [1.82, 2.24) is 4.98 Å². The standard InChI is InChI=1S/C16H10F2N2O2/c17-10-4-6-13(12(18)8-10)20-16(22)11-5-3-9-2-1-7-19-14(9)15(11)21/h1-8,21H,(H,20,22). The molecular formula is C16H10F2N2O2. The molecule has 2 aromatic carbocycles. The molecule has 0 saturated carbocycles. The van der Waals surface area contributed by atoms with Crippen molar-refractivity contribution in [2.45, 2.75) is 0 Å². The van der Waals surface area contributed by atoms with Crippen molar-refractivity contribution in [1.29, 1.82) is 0 Å². The van der Waals surface area contributed by atoms with E-state index in [-0.39, 0.29) is 22.5 Å². The number of halogens is 2. The smallest absolute Gasteiger partial charge is 0.259 e. The van der Waals surface area contributed by atoms with E-state index in [0.717, 1.165) is 12.1 Å². The van der Waals surface area contributed by atoms with Crippen LogP contribution in [0.1, 0.15) is 10.4 Å². The summed E-state index contributed by atoms with van der Waals surface area (Å²) in [5, 5.41) is 13.1. The number of hydrogen-bond donors (Lipinski definition) is 2. The normalized spacial score (nSPS) is 10.6. The van der Waals surface area contributed by atoms with Crippen LogP contribution >= 0.6 is 0 Å². The molecule has 0 radical (unpaired) electrons. The number of rotatable bonds is 2. The quantitative estimate of drug-likeness (QED) is 0.761. The highest BCUT2D eigenvalue weighted by Crippen LogP contribution is 2.27. The fraction of sp³-hybridized carbons (Fsp3) is 0. The number of phenols is 1. The topological polar surface area (TPSA) is 62.2 Å². The van der Waals surface area contributed by atoms with Gasteiger partial charge in [-0.3, -0.25) is 9.78 Å². The summed E-state index contributed by atoms with van der Waals surface area (Å²) in [5.41, 5.74) is 0.0524. The first-order chi connectivity index (χ1) is 10.6. The second-order valence-electron chi connectivity index (χ2n) is 4.62. The largest absolute Gasteiger partial charge is 0.505 e. The number of hydrogen-bond acceptors (Lipinski definition) is 3. The van der Waals surface area contributed by atoms with Gasteiger partial charge in [-0.1, -0.05) is 12.1 Å². The van der Waals surface area contributed by atoms with E-state index < -0.39 is 17.5 Å². The Hall–Kier alpha value is -3.02. The van der Waals surface area contributed by atoms with Crippen LogP contribution < -0.4 is 5.32 Å². The number of nitrogens with one attached hydrogen (secondary N) is 1. The van der Waals surface area contributed by atoms with Gasteiger partial charge in [0.15, 0.2) is 5.75 Å². The lowest BCUT2D eigenvalue weighted by Gasteiger charge is -2.09. The fourth-order valence-electron chi connectivity index (χ4n) is 2.09. The van der Waals surface area contributed by atoms with Gasteiger partial charge in [-0.05, 0) is 24.3 Å². The Morgan fingerprint density at radius 3 is 2.73 bits per heavy atom. The molecule has 0 aliphatic carbocycles. The molecule has 0 spiro atoms. The number of fused-ring (bicyclic) bond motifs is 1. The molecule has 1 aromatic heterocycles. The van der Waals surface area contributed by atoms with Crippen LogP contribution in [0.15, 0.2) is 48.7 Å². The first kappa shape index (κ1) is 13.9. The average Bonchev–Trinajstić information content (AvgIpc) is 2.50. The zero-order chi connectivity index (χ0) is 15.7. The van der Waals surface area contributed by atoms with Crippen molar-refractivity contribution >= 4 is 22.5 Å². The molecule has 1 heterocycles. The lowest BCUT2D eigenvalue weighted by molar-refractivity contribution is 0.102. The van der Waals surface area contributed by atoms with E-state index in [1.165, 1.54) is 12.3 Å². The van der Waals surface area contributed by atoms with Crippen molar-refractivity contribution in [2.24, 2.45) is 0 Å². The van der Waals surface area contributed by atoms with Gasteiger partial charge >= 0.3 is 0 Å². The minimum atomic E-state index is -0.897. The molecule has 6 heteroatoms. The molecule has 0 aliphatic rings. The number of phenolic OH excluding ortho intramolecular Hbond substituents is 1. The zero-order valence-corrected chi connectivity index (χ0v) is 11.2. The Kier molecular flexibility index (Phi) is 3.42. The predicted octanol–water partition coefficient (Wildman–Crippen LogP) is 3.47. The summed E-state index contributed by atoms with van der Waals surface area (Å²) in [6, 6.07) is 9.28. The third-order valence-electron chi connectivity index (χ3n) is 3.17. The van der Waals surface area contributed by atoms with Crippen LogP contribution in [0.25, 0.3) is 10.9 Å². The van der Waals surface area contributed by atoms with E-state index in [4.69, 9.17) is 0 Å². The van der Waals surface area contributed by atoms with Crippen molar-refractivity contribution in [2.75, 3.05) is 5.32 Å². The van der Waals surface area contributed by atoms with Gasteiger partial charge in [0, 0.05) is 17.6 Å². The highest BCUT2D eigenvalue weighted by atomic mass is 19.1.